The van der Waals surface area contributed by atoms with Crippen molar-refractivity contribution < 1.29 is 14.7 Å². The van der Waals surface area contributed by atoms with Gasteiger partial charge in [0.15, 0.2) is 0 Å². The molecular formula is C18H19N5O3S. The number of aromatic amines is 1. The lowest BCUT2D eigenvalue weighted by Crippen LogP contribution is -2.39. The second-order valence-corrected chi connectivity index (χ2v) is 7.70. The Morgan fingerprint density at radius 2 is 2.15 bits per heavy atom. The van der Waals surface area contributed by atoms with Crippen molar-refractivity contribution in [2.45, 2.75) is 31.5 Å². The van der Waals surface area contributed by atoms with E-state index in [1.54, 1.807) is 0 Å². The zero-order valence-corrected chi connectivity index (χ0v) is 15.2. The molecule has 9 heteroatoms. The van der Waals surface area contributed by atoms with E-state index >= 15 is 0 Å². The van der Waals surface area contributed by atoms with Gasteiger partial charge in [-0.05, 0) is 30.4 Å². The molecule has 1 aliphatic rings. The lowest BCUT2D eigenvalue weighted by Gasteiger charge is -2.15. The van der Waals surface area contributed by atoms with Crippen molar-refractivity contribution in [1.29, 1.82) is 0 Å². The minimum absolute atomic E-state index is 0.163. The Kier molecular flexibility index (Phi) is 4.87. The first-order valence-corrected chi connectivity index (χ1v) is 9.51. The molecule has 8 nitrogen and oxygen atoms in total. The fourth-order valence-corrected chi connectivity index (χ4v) is 4.32. The molecule has 1 fully saturated rings. The molecule has 0 saturated heterocycles. The van der Waals surface area contributed by atoms with E-state index in [4.69, 9.17) is 0 Å². The molecule has 2 aromatic heterocycles. The van der Waals surface area contributed by atoms with Crippen LogP contribution < -0.4 is 10.6 Å². The number of fused-ring (bicyclic) bond motifs is 1. The Bertz CT molecular complexity index is 922. The molecule has 1 aromatic carbocycles. The fourth-order valence-electron chi connectivity index (χ4n) is 3.35. The molecule has 2 heterocycles. The number of rotatable bonds is 5. The van der Waals surface area contributed by atoms with Crippen molar-refractivity contribution in [3.8, 4) is 0 Å². The van der Waals surface area contributed by atoms with Gasteiger partial charge in [-0.25, -0.2) is 4.98 Å². The van der Waals surface area contributed by atoms with Crippen LogP contribution in [0.3, 0.4) is 0 Å². The van der Waals surface area contributed by atoms with Crippen molar-refractivity contribution >= 4 is 33.2 Å². The van der Waals surface area contributed by atoms with Gasteiger partial charge in [-0.15, -0.1) is 11.3 Å². The van der Waals surface area contributed by atoms with Crippen LogP contribution in [0.2, 0.25) is 0 Å². The predicted molar refractivity (Wildman–Crippen MR) is 100 cm³/mol. The lowest BCUT2D eigenvalue weighted by molar-refractivity contribution is -0.125. The molecule has 0 aliphatic heterocycles. The fraction of sp³-hybridized carbons (Fsp3) is 0.333. The summed E-state index contributed by atoms with van der Waals surface area (Å²) >= 11 is 1.41. The first kappa shape index (κ1) is 17.6. The van der Waals surface area contributed by atoms with Crippen LogP contribution in [0.1, 0.15) is 28.3 Å². The van der Waals surface area contributed by atoms with Crippen LogP contribution in [0, 0.1) is 5.92 Å². The van der Waals surface area contributed by atoms with Gasteiger partial charge in [0.05, 0.1) is 23.6 Å². The van der Waals surface area contributed by atoms with E-state index in [2.05, 4.69) is 25.8 Å². The summed E-state index contributed by atoms with van der Waals surface area (Å²) < 4.78 is 1.04. The van der Waals surface area contributed by atoms with Crippen molar-refractivity contribution in [3.63, 3.8) is 0 Å². The predicted octanol–water partition coefficient (Wildman–Crippen LogP) is 1.21. The number of nitrogens with one attached hydrogen (secondary N) is 3. The van der Waals surface area contributed by atoms with Gasteiger partial charge in [-0.2, -0.15) is 5.10 Å². The molecule has 4 rings (SSSR count). The summed E-state index contributed by atoms with van der Waals surface area (Å²) in [6, 6.07) is 9.20. The van der Waals surface area contributed by atoms with Gasteiger partial charge >= 0.3 is 0 Å². The molecule has 140 valence electrons. The summed E-state index contributed by atoms with van der Waals surface area (Å²) in [6.07, 6.45) is 1.35. The van der Waals surface area contributed by atoms with Gasteiger partial charge in [0, 0.05) is 10.6 Å². The maximum Gasteiger partial charge on any atom is 0.261 e. The van der Waals surface area contributed by atoms with Crippen LogP contribution in [0.25, 0.3) is 10.1 Å². The van der Waals surface area contributed by atoms with Crippen LogP contribution in [-0.4, -0.2) is 44.2 Å². The number of aliphatic hydroxyl groups excluding tert-OH is 1. The Morgan fingerprint density at radius 1 is 1.30 bits per heavy atom. The number of aliphatic hydroxyl groups is 1. The van der Waals surface area contributed by atoms with E-state index in [0.29, 0.717) is 23.5 Å². The van der Waals surface area contributed by atoms with Crippen LogP contribution in [0.4, 0.5) is 0 Å². The van der Waals surface area contributed by atoms with E-state index in [0.717, 1.165) is 10.1 Å². The Labute approximate surface area is 159 Å². The number of carbonyl (C=O) groups excluding carboxylic acids is 2. The number of benzene rings is 1. The quantitative estimate of drug-likeness (QED) is 0.526. The number of amides is 2. The number of carbonyl (C=O) groups is 2. The van der Waals surface area contributed by atoms with Crippen LogP contribution in [0.5, 0.6) is 0 Å². The molecule has 0 bridgehead atoms. The Hall–Kier alpha value is -2.78. The normalized spacial score (nSPS) is 22.0. The summed E-state index contributed by atoms with van der Waals surface area (Å²) in [7, 11) is 0. The molecule has 2 amide bonds. The zero-order chi connectivity index (χ0) is 18.8. The highest BCUT2D eigenvalue weighted by Crippen LogP contribution is 2.28. The third-order valence-corrected chi connectivity index (χ3v) is 5.88. The number of nitrogens with zero attached hydrogens (tertiary/aromatic N) is 2. The summed E-state index contributed by atoms with van der Waals surface area (Å²) in [5.41, 5.74) is 0. The van der Waals surface area contributed by atoms with Crippen LogP contribution >= 0.6 is 11.3 Å². The van der Waals surface area contributed by atoms with Gasteiger partial charge in [0.2, 0.25) is 5.91 Å². The minimum atomic E-state index is -0.746. The van der Waals surface area contributed by atoms with Gasteiger partial charge in [0.25, 0.3) is 5.91 Å². The topological polar surface area (TPSA) is 120 Å². The highest BCUT2D eigenvalue weighted by Gasteiger charge is 2.37. The monoisotopic (exact) mass is 385 g/mol. The second-order valence-electron chi connectivity index (χ2n) is 6.61. The number of hydrogen-bond donors (Lipinski definition) is 4. The van der Waals surface area contributed by atoms with Crippen LogP contribution in [0.15, 0.2) is 36.7 Å². The number of thiophene rings is 1. The van der Waals surface area contributed by atoms with E-state index in [9.17, 15) is 14.7 Å². The molecule has 3 aromatic rings. The maximum absolute atomic E-state index is 12.5. The van der Waals surface area contributed by atoms with E-state index in [1.165, 1.54) is 17.7 Å². The van der Waals surface area contributed by atoms with Crippen LogP contribution in [-0.2, 0) is 11.3 Å². The zero-order valence-electron chi connectivity index (χ0n) is 14.4. The van der Waals surface area contributed by atoms with Gasteiger partial charge in [0.1, 0.15) is 12.2 Å². The Morgan fingerprint density at radius 3 is 2.93 bits per heavy atom. The summed E-state index contributed by atoms with van der Waals surface area (Å²) in [6.45, 7) is 0.254. The number of H-pyrrole nitrogens is 1. The van der Waals surface area contributed by atoms with E-state index < -0.39 is 12.1 Å². The van der Waals surface area contributed by atoms with E-state index in [-0.39, 0.29) is 24.3 Å². The molecule has 3 atom stereocenters. The molecule has 4 N–H and O–H groups in total. The van der Waals surface area contributed by atoms with E-state index in [1.807, 2.05) is 30.3 Å². The summed E-state index contributed by atoms with van der Waals surface area (Å²) in [4.78, 5) is 29.4. The minimum Gasteiger partial charge on any atom is -0.391 e. The lowest BCUT2D eigenvalue weighted by atomic mass is 10.1. The maximum atomic E-state index is 12.5. The van der Waals surface area contributed by atoms with Crippen molar-refractivity contribution in [2.75, 3.05) is 0 Å². The third-order valence-electron chi connectivity index (χ3n) is 4.76. The first-order valence-electron chi connectivity index (χ1n) is 8.69. The Balaban J connectivity index is 1.35. The highest BCUT2D eigenvalue weighted by molar-refractivity contribution is 7.20. The molecule has 27 heavy (non-hydrogen) atoms. The molecule has 0 spiro atoms. The molecule has 0 radical (unpaired) electrons. The average molecular weight is 385 g/mol. The van der Waals surface area contributed by atoms with Crippen molar-refractivity contribution in [1.82, 2.24) is 25.8 Å². The van der Waals surface area contributed by atoms with Crippen molar-refractivity contribution in [3.05, 3.63) is 47.4 Å². The third kappa shape index (κ3) is 3.83. The van der Waals surface area contributed by atoms with Gasteiger partial charge in [-0.3, -0.25) is 14.7 Å². The molecule has 0 unspecified atom stereocenters. The first-order chi connectivity index (χ1) is 13.1. The summed E-state index contributed by atoms with van der Waals surface area (Å²) in [5, 5.41) is 23.3. The average Bonchev–Trinajstić information content (AvgIpc) is 3.39. The highest BCUT2D eigenvalue weighted by atomic mass is 32.1. The summed E-state index contributed by atoms with van der Waals surface area (Å²) in [5.74, 6) is -0.167. The number of aromatic nitrogens is 3. The standard InChI is InChI=1S/C18H19N5O3S/c24-13-6-11(17(25)19-8-16-20-9-21-23-16)5-12(13)22-18(26)15-7-10-3-1-2-4-14(10)27-15/h1-4,7,9,11-13,24H,5-6,8H2,(H,19,25)(H,22,26)(H,20,21,23)/t11-,12+,13+/m0/s1. The van der Waals surface area contributed by atoms with Crippen molar-refractivity contribution in [2.24, 2.45) is 5.92 Å². The number of hydrogen-bond acceptors (Lipinski definition) is 6. The second kappa shape index (κ2) is 7.45. The SMILES string of the molecule is O=C(N[C@@H]1C[C@H](C(=O)NCc2ncn[nH]2)C[C@H]1O)c1cc2ccccc2s1. The van der Waals surface area contributed by atoms with Gasteiger partial charge < -0.3 is 15.7 Å². The molecule has 1 saturated carbocycles. The molecule has 1 aliphatic carbocycles. The largest absolute Gasteiger partial charge is 0.391 e. The van der Waals surface area contributed by atoms with Gasteiger partial charge in [-0.1, -0.05) is 18.2 Å². The molecular weight excluding hydrogens is 366 g/mol. The smallest absolute Gasteiger partial charge is 0.261 e.